The number of amides is 1. The summed E-state index contributed by atoms with van der Waals surface area (Å²) in [6, 6.07) is 4.14. The SMILES string of the molecule is O=C(c1ncccc1Br)N1CCC(N2CCOCC2)C1. The molecule has 3 heterocycles. The highest BCUT2D eigenvalue weighted by atomic mass is 79.9. The lowest BCUT2D eigenvalue weighted by atomic mass is 10.2. The molecule has 1 atom stereocenters. The number of aromatic nitrogens is 1. The van der Waals surface area contributed by atoms with Crippen LogP contribution in [0.15, 0.2) is 22.8 Å². The van der Waals surface area contributed by atoms with Crippen LogP contribution < -0.4 is 0 Å². The molecule has 108 valence electrons. The van der Waals surface area contributed by atoms with Crippen LogP contribution in [0.3, 0.4) is 0 Å². The molecule has 0 spiro atoms. The van der Waals surface area contributed by atoms with Crippen LogP contribution >= 0.6 is 15.9 Å². The Kier molecular flexibility index (Phi) is 4.33. The van der Waals surface area contributed by atoms with Gasteiger partial charge in [-0.25, -0.2) is 4.98 Å². The Morgan fingerprint density at radius 1 is 1.35 bits per heavy atom. The van der Waals surface area contributed by atoms with E-state index in [4.69, 9.17) is 4.74 Å². The normalized spacial score (nSPS) is 24.1. The average molecular weight is 340 g/mol. The molecular weight excluding hydrogens is 322 g/mol. The lowest BCUT2D eigenvalue weighted by molar-refractivity contribution is 0.0185. The van der Waals surface area contributed by atoms with Crippen molar-refractivity contribution in [2.75, 3.05) is 39.4 Å². The second kappa shape index (κ2) is 6.20. The zero-order valence-electron chi connectivity index (χ0n) is 11.3. The van der Waals surface area contributed by atoms with Gasteiger partial charge in [0, 0.05) is 42.9 Å². The number of morpholine rings is 1. The van der Waals surface area contributed by atoms with Gasteiger partial charge in [-0.15, -0.1) is 0 Å². The monoisotopic (exact) mass is 339 g/mol. The largest absolute Gasteiger partial charge is 0.379 e. The van der Waals surface area contributed by atoms with Crippen molar-refractivity contribution < 1.29 is 9.53 Å². The van der Waals surface area contributed by atoms with E-state index in [2.05, 4.69) is 25.8 Å². The van der Waals surface area contributed by atoms with Gasteiger partial charge in [0.05, 0.1) is 13.2 Å². The maximum Gasteiger partial charge on any atom is 0.273 e. The molecule has 0 aromatic carbocycles. The Morgan fingerprint density at radius 3 is 2.90 bits per heavy atom. The summed E-state index contributed by atoms with van der Waals surface area (Å²) in [6.45, 7) is 5.15. The summed E-state index contributed by atoms with van der Waals surface area (Å²) in [6.07, 6.45) is 2.70. The minimum absolute atomic E-state index is 0.0215. The quantitative estimate of drug-likeness (QED) is 0.816. The molecule has 2 fully saturated rings. The van der Waals surface area contributed by atoms with E-state index in [1.54, 1.807) is 6.20 Å². The Balaban J connectivity index is 1.65. The van der Waals surface area contributed by atoms with Gasteiger partial charge in [-0.1, -0.05) is 0 Å². The number of pyridine rings is 1. The first-order valence-electron chi connectivity index (χ1n) is 6.97. The molecule has 5 nitrogen and oxygen atoms in total. The molecule has 1 amide bonds. The summed E-state index contributed by atoms with van der Waals surface area (Å²) < 4.78 is 6.14. The lowest BCUT2D eigenvalue weighted by Gasteiger charge is -2.32. The van der Waals surface area contributed by atoms with Gasteiger partial charge in [0.15, 0.2) is 0 Å². The van der Waals surface area contributed by atoms with Crippen molar-refractivity contribution in [2.24, 2.45) is 0 Å². The Hall–Kier alpha value is -0.980. The van der Waals surface area contributed by atoms with Crippen LogP contribution in [-0.4, -0.2) is 66.1 Å². The van der Waals surface area contributed by atoms with E-state index in [0.717, 1.165) is 50.3 Å². The molecule has 2 saturated heterocycles. The first kappa shape index (κ1) is 14.0. The van der Waals surface area contributed by atoms with Crippen molar-refractivity contribution in [2.45, 2.75) is 12.5 Å². The summed E-state index contributed by atoms with van der Waals surface area (Å²) >= 11 is 3.40. The standard InChI is InChI=1S/C14H18BrN3O2/c15-12-2-1-4-16-13(12)14(19)18-5-3-11(10-18)17-6-8-20-9-7-17/h1-2,4,11H,3,5-10H2. The van der Waals surface area contributed by atoms with Crippen LogP contribution in [0.5, 0.6) is 0 Å². The minimum atomic E-state index is 0.0215. The molecule has 3 rings (SSSR count). The molecule has 0 radical (unpaired) electrons. The van der Waals surface area contributed by atoms with Gasteiger partial charge in [0.1, 0.15) is 5.69 Å². The molecule has 20 heavy (non-hydrogen) atoms. The van der Waals surface area contributed by atoms with Gasteiger partial charge < -0.3 is 9.64 Å². The first-order chi connectivity index (χ1) is 9.75. The number of rotatable bonds is 2. The second-order valence-electron chi connectivity index (χ2n) is 5.18. The first-order valence-corrected chi connectivity index (χ1v) is 7.76. The van der Waals surface area contributed by atoms with E-state index in [0.29, 0.717) is 11.7 Å². The summed E-state index contributed by atoms with van der Waals surface area (Å²) in [7, 11) is 0. The zero-order valence-corrected chi connectivity index (χ0v) is 12.9. The molecule has 1 aromatic heterocycles. The third-order valence-corrected chi connectivity index (χ3v) is 4.61. The van der Waals surface area contributed by atoms with Crippen molar-refractivity contribution in [3.8, 4) is 0 Å². The number of carbonyl (C=O) groups excluding carboxylic acids is 1. The molecule has 0 saturated carbocycles. The number of carbonyl (C=O) groups is 1. The molecule has 1 aromatic rings. The van der Waals surface area contributed by atoms with Gasteiger partial charge in [0.25, 0.3) is 5.91 Å². The highest BCUT2D eigenvalue weighted by Gasteiger charge is 2.32. The van der Waals surface area contributed by atoms with Gasteiger partial charge >= 0.3 is 0 Å². The number of ether oxygens (including phenoxy) is 1. The predicted molar refractivity (Wildman–Crippen MR) is 78.6 cm³/mol. The van der Waals surface area contributed by atoms with Gasteiger partial charge in [-0.2, -0.15) is 0 Å². The fourth-order valence-corrected chi connectivity index (χ4v) is 3.28. The fraction of sp³-hybridized carbons (Fsp3) is 0.571. The number of halogens is 1. The third-order valence-electron chi connectivity index (χ3n) is 3.97. The van der Waals surface area contributed by atoms with Crippen LogP contribution in [0.1, 0.15) is 16.9 Å². The van der Waals surface area contributed by atoms with Crippen molar-refractivity contribution in [1.29, 1.82) is 0 Å². The molecular formula is C14H18BrN3O2. The van der Waals surface area contributed by atoms with E-state index >= 15 is 0 Å². The summed E-state index contributed by atoms with van der Waals surface area (Å²) in [5, 5.41) is 0. The molecule has 0 N–H and O–H groups in total. The topological polar surface area (TPSA) is 45.7 Å². The van der Waals surface area contributed by atoms with E-state index in [-0.39, 0.29) is 5.91 Å². The Labute approximate surface area is 127 Å². The summed E-state index contributed by atoms with van der Waals surface area (Å²) in [5.74, 6) is 0.0215. The molecule has 0 bridgehead atoms. The van der Waals surface area contributed by atoms with Crippen LogP contribution in [0.4, 0.5) is 0 Å². The molecule has 0 aliphatic carbocycles. The average Bonchev–Trinajstić information content (AvgIpc) is 2.98. The van der Waals surface area contributed by atoms with Crippen LogP contribution in [0.2, 0.25) is 0 Å². The maximum atomic E-state index is 12.5. The fourth-order valence-electron chi connectivity index (χ4n) is 2.86. The lowest BCUT2D eigenvalue weighted by Crippen LogP contribution is -2.45. The van der Waals surface area contributed by atoms with E-state index in [1.807, 2.05) is 17.0 Å². The Bertz CT molecular complexity index is 491. The molecule has 1 unspecified atom stereocenters. The predicted octanol–water partition coefficient (Wildman–Crippen LogP) is 1.39. The van der Waals surface area contributed by atoms with Crippen molar-refractivity contribution in [1.82, 2.24) is 14.8 Å². The highest BCUT2D eigenvalue weighted by Crippen LogP contribution is 2.21. The maximum absolute atomic E-state index is 12.5. The van der Waals surface area contributed by atoms with Crippen LogP contribution in [0.25, 0.3) is 0 Å². The molecule has 2 aliphatic heterocycles. The molecule has 2 aliphatic rings. The zero-order chi connectivity index (χ0) is 13.9. The van der Waals surface area contributed by atoms with E-state index in [1.165, 1.54) is 0 Å². The summed E-state index contributed by atoms with van der Waals surface area (Å²) in [4.78, 5) is 21.0. The van der Waals surface area contributed by atoms with E-state index in [9.17, 15) is 4.79 Å². The van der Waals surface area contributed by atoms with Gasteiger partial charge in [-0.05, 0) is 34.5 Å². The van der Waals surface area contributed by atoms with Crippen LogP contribution in [0, 0.1) is 0 Å². The second-order valence-corrected chi connectivity index (χ2v) is 6.03. The number of likely N-dealkylation sites (tertiary alicyclic amines) is 1. The number of hydrogen-bond acceptors (Lipinski definition) is 4. The van der Waals surface area contributed by atoms with Gasteiger partial charge in [-0.3, -0.25) is 9.69 Å². The van der Waals surface area contributed by atoms with Crippen LogP contribution in [-0.2, 0) is 4.74 Å². The van der Waals surface area contributed by atoms with Crippen molar-refractivity contribution >= 4 is 21.8 Å². The third kappa shape index (κ3) is 2.87. The molecule has 6 heteroatoms. The number of hydrogen-bond donors (Lipinski definition) is 0. The Morgan fingerprint density at radius 2 is 2.15 bits per heavy atom. The summed E-state index contributed by atoms with van der Waals surface area (Å²) in [5.41, 5.74) is 0.509. The number of nitrogens with zero attached hydrogens (tertiary/aromatic N) is 3. The smallest absolute Gasteiger partial charge is 0.273 e. The van der Waals surface area contributed by atoms with Crippen molar-refractivity contribution in [3.05, 3.63) is 28.5 Å². The minimum Gasteiger partial charge on any atom is -0.379 e. The van der Waals surface area contributed by atoms with E-state index < -0.39 is 0 Å². The highest BCUT2D eigenvalue weighted by molar-refractivity contribution is 9.10. The van der Waals surface area contributed by atoms with Crippen molar-refractivity contribution in [3.63, 3.8) is 0 Å². The van der Waals surface area contributed by atoms with Gasteiger partial charge in [0.2, 0.25) is 0 Å².